The molecule has 13 heavy (non-hydrogen) atoms. The molecule has 0 saturated heterocycles. The second kappa shape index (κ2) is 3.08. The summed E-state index contributed by atoms with van der Waals surface area (Å²) in [6, 6.07) is 0.0115. The molecular formula is C8H12N2O3. The molecule has 1 heterocycles. The van der Waals surface area contributed by atoms with Crippen LogP contribution in [0, 0.1) is 0 Å². The predicted octanol–water partition coefficient (Wildman–Crippen LogP) is 2.06. The molecule has 72 valence electrons. The minimum absolute atomic E-state index is 0.0115. The van der Waals surface area contributed by atoms with Gasteiger partial charge in [-0.2, -0.15) is 4.98 Å². The molecular weight excluding hydrogens is 172 g/mol. The number of rotatable bonds is 1. The largest absolute Gasteiger partial charge is 0.465 e. The maximum absolute atomic E-state index is 10.2. The topological polar surface area (TPSA) is 75.4 Å². The van der Waals surface area contributed by atoms with Crippen molar-refractivity contribution in [2.24, 2.45) is 0 Å². The smallest absolute Gasteiger partial charge is 0.412 e. The lowest BCUT2D eigenvalue weighted by atomic mass is 9.93. The molecule has 0 unspecified atom stereocenters. The first-order chi connectivity index (χ1) is 5.89. The van der Waals surface area contributed by atoms with Crippen LogP contribution in [-0.2, 0) is 5.41 Å². The van der Waals surface area contributed by atoms with Crippen LogP contribution in [-0.4, -0.2) is 16.2 Å². The van der Waals surface area contributed by atoms with E-state index in [1.165, 1.54) is 6.26 Å². The van der Waals surface area contributed by atoms with Gasteiger partial charge in [-0.3, -0.25) is 0 Å². The van der Waals surface area contributed by atoms with Gasteiger partial charge in [-0.15, -0.1) is 0 Å². The predicted molar refractivity (Wildman–Crippen MR) is 46.9 cm³/mol. The van der Waals surface area contributed by atoms with Gasteiger partial charge >= 0.3 is 12.1 Å². The van der Waals surface area contributed by atoms with Crippen LogP contribution < -0.4 is 5.32 Å². The Bertz CT molecular complexity index is 311. The molecule has 1 amide bonds. The molecule has 0 aliphatic rings. The van der Waals surface area contributed by atoms with Gasteiger partial charge in [0, 0.05) is 5.41 Å². The molecule has 0 atom stereocenters. The van der Waals surface area contributed by atoms with Crippen LogP contribution in [0.3, 0.4) is 0 Å². The van der Waals surface area contributed by atoms with Crippen molar-refractivity contribution in [3.8, 4) is 0 Å². The number of aromatic nitrogens is 1. The van der Waals surface area contributed by atoms with Crippen molar-refractivity contribution < 1.29 is 14.3 Å². The molecule has 0 aromatic carbocycles. The quantitative estimate of drug-likeness (QED) is 0.700. The summed E-state index contributed by atoms with van der Waals surface area (Å²) in [6.07, 6.45) is 0.271. The molecule has 0 saturated carbocycles. The van der Waals surface area contributed by atoms with Crippen LogP contribution in [0.5, 0.6) is 0 Å². The Morgan fingerprint density at radius 1 is 1.62 bits per heavy atom. The fourth-order valence-electron chi connectivity index (χ4n) is 0.767. The standard InChI is InChI=1S/C8H12N2O3/c1-8(2,3)5-4-13-6(9-5)10-7(11)12/h4H,1-3H3,(H,9,10)(H,11,12). The SMILES string of the molecule is CC(C)(C)c1coc(NC(=O)O)n1. The number of hydrogen-bond acceptors (Lipinski definition) is 3. The average Bonchev–Trinajstić information content (AvgIpc) is 2.32. The van der Waals surface area contributed by atoms with Crippen LogP contribution in [0.4, 0.5) is 10.8 Å². The van der Waals surface area contributed by atoms with E-state index in [9.17, 15) is 4.79 Å². The van der Waals surface area contributed by atoms with E-state index in [0.717, 1.165) is 5.69 Å². The van der Waals surface area contributed by atoms with Gasteiger partial charge in [0.05, 0.1) is 5.69 Å². The van der Waals surface area contributed by atoms with E-state index in [1.807, 2.05) is 26.1 Å². The maximum Gasteiger partial charge on any atom is 0.412 e. The zero-order valence-corrected chi connectivity index (χ0v) is 7.79. The number of anilines is 1. The fourth-order valence-corrected chi connectivity index (χ4v) is 0.767. The number of nitrogens with zero attached hydrogens (tertiary/aromatic N) is 1. The third-order valence-corrected chi connectivity index (χ3v) is 1.49. The lowest BCUT2D eigenvalue weighted by molar-refractivity contribution is 0.209. The molecule has 0 spiro atoms. The second-order valence-corrected chi connectivity index (χ2v) is 3.72. The molecule has 5 nitrogen and oxygen atoms in total. The highest BCUT2D eigenvalue weighted by Gasteiger charge is 2.19. The van der Waals surface area contributed by atoms with Crippen molar-refractivity contribution in [2.45, 2.75) is 26.2 Å². The number of nitrogens with one attached hydrogen (secondary N) is 1. The van der Waals surface area contributed by atoms with Crippen molar-refractivity contribution in [3.05, 3.63) is 12.0 Å². The Morgan fingerprint density at radius 2 is 2.23 bits per heavy atom. The molecule has 0 aliphatic heterocycles. The summed E-state index contributed by atoms with van der Waals surface area (Å²) in [7, 11) is 0. The number of carboxylic acid groups (broad SMARTS) is 1. The Balaban J connectivity index is 2.81. The van der Waals surface area contributed by atoms with Crippen molar-refractivity contribution in [3.63, 3.8) is 0 Å². The minimum atomic E-state index is -1.18. The molecule has 0 fully saturated rings. The average molecular weight is 184 g/mol. The molecule has 2 N–H and O–H groups in total. The lowest BCUT2D eigenvalue weighted by Crippen LogP contribution is -2.12. The Hall–Kier alpha value is -1.52. The highest BCUT2D eigenvalue weighted by molar-refractivity contribution is 5.79. The number of carbonyl (C=O) groups is 1. The summed E-state index contributed by atoms with van der Waals surface area (Å²) >= 11 is 0. The van der Waals surface area contributed by atoms with Crippen LogP contribution in [0.2, 0.25) is 0 Å². The van der Waals surface area contributed by atoms with Gasteiger partial charge in [-0.1, -0.05) is 20.8 Å². The molecule has 1 aromatic rings. The van der Waals surface area contributed by atoms with Crippen molar-refractivity contribution in [1.82, 2.24) is 4.98 Å². The van der Waals surface area contributed by atoms with E-state index in [0.29, 0.717) is 0 Å². The Kier molecular flexibility index (Phi) is 2.27. The van der Waals surface area contributed by atoms with Gasteiger partial charge in [0.1, 0.15) is 6.26 Å². The molecule has 1 rings (SSSR count). The van der Waals surface area contributed by atoms with E-state index in [2.05, 4.69) is 4.98 Å². The van der Waals surface area contributed by atoms with Crippen molar-refractivity contribution >= 4 is 12.1 Å². The second-order valence-electron chi connectivity index (χ2n) is 3.72. The Labute approximate surface area is 75.8 Å². The molecule has 0 aliphatic carbocycles. The minimum Gasteiger partial charge on any atom is -0.465 e. The lowest BCUT2D eigenvalue weighted by Gasteiger charge is -2.12. The normalized spacial score (nSPS) is 11.3. The molecule has 0 bridgehead atoms. The van der Waals surface area contributed by atoms with Gasteiger partial charge in [0.15, 0.2) is 0 Å². The van der Waals surface area contributed by atoms with Gasteiger partial charge in [-0.25, -0.2) is 10.1 Å². The first kappa shape index (κ1) is 9.57. The van der Waals surface area contributed by atoms with E-state index in [1.54, 1.807) is 0 Å². The first-order valence-corrected chi connectivity index (χ1v) is 3.85. The van der Waals surface area contributed by atoms with Crippen LogP contribution in [0.1, 0.15) is 26.5 Å². The number of amides is 1. The summed E-state index contributed by atoms with van der Waals surface area (Å²) in [5.74, 6) is 0. The number of hydrogen-bond donors (Lipinski definition) is 2. The molecule has 1 aromatic heterocycles. The maximum atomic E-state index is 10.2. The zero-order chi connectivity index (χ0) is 10.1. The monoisotopic (exact) mass is 184 g/mol. The van der Waals surface area contributed by atoms with Crippen LogP contribution in [0.15, 0.2) is 10.7 Å². The van der Waals surface area contributed by atoms with Gasteiger partial charge in [0.2, 0.25) is 0 Å². The van der Waals surface area contributed by atoms with Gasteiger partial charge in [0.25, 0.3) is 0 Å². The van der Waals surface area contributed by atoms with Crippen LogP contribution >= 0.6 is 0 Å². The molecule has 5 heteroatoms. The van der Waals surface area contributed by atoms with Crippen molar-refractivity contribution in [1.29, 1.82) is 0 Å². The third-order valence-electron chi connectivity index (χ3n) is 1.49. The highest BCUT2D eigenvalue weighted by atomic mass is 16.4. The summed E-state index contributed by atoms with van der Waals surface area (Å²) in [5, 5.41) is 10.4. The molecule has 0 radical (unpaired) electrons. The van der Waals surface area contributed by atoms with E-state index in [4.69, 9.17) is 9.52 Å². The van der Waals surface area contributed by atoms with Gasteiger partial charge < -0.3 is 9.52 Å². The zero-order valence-electron chi connectivity index (χ0n) is 7.79. The first-order valence-electron chi connectivity index (χ1n) is 3.85. The summed E-state index contributed by atoms with van der Waals surface area (Å²) in [5.41, 5.74) is 0.582. The van der Waals surface area contributed by atoms with E-state index < -0.39 is 6.09 Å². The summed E-state index contributed by atoms with van der Waals surface area (Å²) in [4.78, 5) is 14.2. The van der Waals surface area contributed by atoms with Gasteiger partial charge in [-0.05, 0) is 0 Å². The van der Waals surface area contributed by atoms with E-state index >= 15 is 0 Å². The van der Waals surface area contributed by atoms with E-state index in [-0.39, 0.29) is 11.4 Å². The Morgan fingerprint density at radius 3 is 2.62 bits per heavy atom. The highest BCUT2D eigenvalue weighted by Crippen LogP contribution is 2.22. The number of oxazole rings is 1. The third kappa shape index (κ3) is 2.47. The van der Waals surface area contributed by atoms with Crippen molar-refractivity contribution in [2.75, 3.05) is 5.32 Å². The fraction of sp³-hybridized carbons (Fsp3) is 0.500. The van der Waals surface area contributed by atoms with Crippen LogP contribution in [0.25, 0.3) is 0 Å². The summed E-state index contributed by atoms with van der Waals surface area (Å²) in [6.45, 7) is 5.90. The summed E-state index contributed by atoms with van der Waals surface area (Å²) < 4.78 is 4.90.